The van der Waals surface area contributed by atoms with Gasteiger partial charge in [-0.2, -0.15) is 0 Å². The van der Waals surface area contributed by atoms with Gasteiger partial charge in [-0.3, -0.25) is 0 Å². The molecule has 0 aromatic carbocycles. The van der Waals surface area contributed by atoms with Crippen LogP contribution in [0, 0.1) is 11.3 Å². The summed E-state index contributed by atoms with van der Waals surface area (Å²) in [7, 11) is 4.22. The predicted octanol–water partition coefficient (Wildman–Crippen LogP) is 5.39. The Balaban J connectivity index is 2.64. The first-order valence-electron chi connectivity index (χ1n) is 7.84. The molecule has 0 saturated heterocycles. The number of nitrogens with zero attached hydrogens (tertiary/aromatic N) is 1. The molecule has 1 fully saturated rings. The van der Waals surface area contributed by atoms with Crippen molar-refractivity contribution in [2.75, 3.05) is 14.1 Å². The maximum absolute atomic E-state index is 4.30. The molecular formula is C18H33N. The van der Waals surface area contributed by atoms with Crippen LogP contribution < -0.4 is 0 Å². The normalized spacial score (nSPS) is 16.8. The van der Waals surface area contributed by atoms with Crippen molar-refractivity contribution in [2.45, 2.75) is 66.2 Å². The SMILES string of the molecule is C=C(N(C)C)C(C)(C)C(CC)CCC(C)=C1CCC1. The first-order valence-corrected chi connectivity index (χ1v) is 7.84. The van der Waals surface area contributed by atoms with Crippen LogP contribution in [0.15, 0.2) is 23.4 Å². The van der Waals surface area contributed by atoms with Gasteiger partial charge in [0, 0.05) is 25.2 Å². The van der Waals surface area contributed by atoms with Crippen molar-refractivity contribution in [3.05, 3.63) is 23.4 Å². The minimum atomic E-state index is 0.197. The molecule has 0 bridgehead atoms. The molecule has 0 aromatic rings. The molecule has 1 aliphatic carbocycles. The summed E-state index contributed by atoms with van der Waals surface area (Å²) in [5.74, 6) is 0.720. The zero-order valence-electron chi connectivity index (χ0n) is 14.0. The van der Waals surface area contributed by atoms with E-state index < -0.39 is 0 Å². The van der Waals surface area contributed by atoms with Gasteiger partial charge >= 0.3 is 0 Å². The number of rotatable bonds is 7. The molecule has 0 heterocycles. The van der Waals surface area contributed by atoms with E-state index >= 15 is 0 Å². The lowest BCUT2D eigenvalue weighted by Gasteiger charge is -2.39. The van der Waals surface area contributed by atoms with E-state index in [1.54, 1.807) is 11.1 Å². The third-order valence-corrected chi connectivity index (χ3v) is 5.23. The van der Waals surface area contributed by atoms with Crippen molar-refractivity contribution in [1.82, 2.24) is 4.90 Å². The van der Waals surface area contributed by atoms with E-state index in [0.717, 1.165) is 5.92 Å². The molecule has 1 unspecified atom stereocenters. The standard InChI is InChI=1S/C18H33N/c1-8-17(18(4,5)15(3)19(6)7)13-12-14(2)16-10-9-11-16/h17H,3,8-13H2,1-2,4-7H3. The van der Waals surface area contributed by atoms with Crippen molar-refractivity contribution in [3.63, 3.8) is 0 Å². The van der Waals surface area contributed by atoms with Crippen LogP contribution in [-0.2, 0) is 0 Å². The molecule has 0 radical (unpaired) electrons. The molecular weight excluding hydrogens is 230 g/mol. The van der Waals surface area contributed by atoms with E-state index in [-0.39, 0.29) is 5.41 Å². The quantitative estimate of drug-likeness (QED) is 0.556. The lowest BCUT2D eigenvalue weighted by Crippen LogP contribution is -2.32. The molecule has 19 heavy (non-hydrogen) atoms. The van der Waals surface area contributed by atoms with Gasteiger partial charge in [0.05, 0.1) is 0 Å². The van der Waals surface area contributed by atoms with Crippen molar-refractivity contribution < 1.29 is 0 Å². The van der Waals surface area contributed by atoms with Gasteiger partial charge in [0.2, 0.25) is 0 Å². The summed E-state index contributed by atoms with van der Waals surface area (Å²) in [6, 6.07) is 0. The topological polar surface area (TPSA) is 3.24 Å². The number of allylic oxidation sites excluding steroid dienone is 3. The van der Waals surface area contributed by atoms with Gasteiger partial charge in [0.1, 0.15) is 0 Å². The van der Waals surface area contributed by atoms with E-state index in [2.05, 4.69) is 53.3 Å². The Morgan fingerprint density at radius 2 is 1.89 bits per heavy atom. The zero-order valence-corrected chi connectivity index (χ0v) is 14.0. The third kappa shape index (κ3) is 3.87. The summed E-state index contributed by atoms with van der Waals surface area (Å²) in [5.41, 5.74) is 4.85. The van der Waals surface area contributed by atoms with Gasteiger partial charge in [-0.1, -0.05) is 44.9 Å². The first-order chi connectivity index (χ1) is 8.80. The Labute approximate surface area is 120 Å². The average molecular weight is 263 g/mol. The predicted molar refractivity (Wildman–Crippen MR) is 86.2 cm³/mol. The zero-order chi connectivity index (χ0) is 14.6. The van der Waals surface area contributed by atoms with Crippen LogP contribution in [0.2, 0.25) is 0 Å². The van der Waals surface area contributed by atoms with Crippen LogP contribution in [0.25, 0.3) is 0 Å². The molecule has 0 N–H and O–H groups in total. The second kappa shape index (κ2) is 6.63. The monoisotopic (exact) mass is 263 g/mol. The van der Waals surface area contributed by atoms with Crippen LogP contribution in [0.3, 0.4) is 0 Å². The van der Waals surface area contributed by atoms with Gasteiger partial charge < -0.3 is 4.90 Å². The van der Waals surface area contributed by atoms with Crippen LogP contribution in [-0.4, -0.2) is 19.0 Å². The lowest BCUT2D eigenvalue weighted by molar-refractivity contribution is 0.196. The molecule has 110 valence electrons. The van der Waals surface area contributed by atoms with Gasteiger partial charge in [-0.25, -0.2) is 0 Å². The Hall–Kier alpha value is -0.720. The summed E-state index contributed by atoms with van der Waals surface area (Å²) in [4.78, 5) is 2.18. The van der Waals surface area contributed by atoms with E-state index in [4.69, 9.17) is 0 Å². The molecule has 1 heteroatoms. The highest BCUT2D eigenvalue weighted by Crippen LogP contribution is 2.41. The van der Waals surface area contributed by atoms with Crippen LogP contribution in [0.5, 0.6) is 0 Å². The van der Waals surface area contributed by atoms with E-state index in [9.17, 15) is 0 Å². The van der Waals surface area contributed by atoms with Crippen LogP contribution >= 0.6 is 0 Å². The lowest BCUT2D eigenvalue weighted by atomic mass is 9.71. The highest BCUT2D eigenvalue weighted by molar-refractivity contribution is 5.18. The maximum Gasteiger partial charge on any atom is 0.0115 e. The molecule has 0 aliphatic heterocycles. The summed E-state index contributed by atoms with van der Waals surface area (Å²) in [6.07, 6.45) is 7.94. The fraction of sp³-hybridized carbons (Fsp3) is 0.778. The molecule has 0 spiro atoms. The van der Waals surface area contributed by atoms with E-state index in [1.807, 2.05) is 0 Å². The van der Waals surface area contributed by atoms with Crippen molar-refractivity contribution >= 4 is 0 Å². The Morgan fingerprint density at radius 1 is 1.32 bits per heavy atom. The van der Waals surface area contributed by atoms with Gasteiger partial charge in [0.15, 0.2) is 0 Å². The average Bonchev–Trinajstić information content (AvgIpc) is 2.25. The molecule has 1 atom stereocenters. The minimum Gasteiger partial charge on any atom is -0.381 e. The smallest absolute Gasteiger partial charge is 0.0115 e. The summed E-state index contributed by atoms with van der Waals surface area (Å²) in [5, 5.41) is 0. The van der Waals surface area contributed by atoms with Crippen molar-refractivity contribution in [1.29, 1.82) is 0 Å². The minimum absolute atomic E-state index is 0.197. The molecule has 1 aliphatic rings. The Bertz CT molecular complexity index is 341. The summed E-state index contributed by atoms with van der Waals surface area (Å²) >= 11 is 0. The third-order valence-electron chi connectivity index (χ3n) is 5.23. The second-order valence-electron chi connectivity index (χ2n) is 6.94. The fourth-order valence-corrected chi connectivity index (χ4v) is 3.24. The molecule has 0 aromatic heterocycles. The molecule has 0 amide bonds. The van der Waals surface area contributed by atoms with Gasteiger partial charge in [0.25, 0.3) is 0 Å². The molecule has 1 nitrogen and oxygen atoms in total. The summed E-state index contributed by atoms with van der Waals surface area (Å²) < 4.78 is 0. The maximum atomic E-state index is 4.30. The Kier molecular flexibility index (Phi) is 5.70. The van der Waals surface area contributed by atoms with Gasteiger partial charge in [-0.15, -0.1) is 0 Å². The van der Waals surface area contributed by atoms with Gasteiger partial charge in [-0.05, 0) is 44.9 Å². The number of hydrogen-bond acceptors (Lipinski definition) is 1. The van der Waals surface area contributed by atoms with Crippen LogP contribution in [0.1, 0.15) is 66.2 Å². The highest BCUT2D eigenvalue weighted by Gasteiger charge is 2.31. The largest absolute Gasteiger partial charge is 0.381 e. The van der Waals surface area contributed by atoms with E-state index in [1.165, 1.54) is 44.2 Å². The fourth-order valence-electron chi connectivity index (χ4n) is 3.24. The van der Waals surface area contributed by atoms with Crippen molar-refractivity contribution in [2.24, 2.45) is 11.3 Å². The van der Waals surface area contributed by atoms with E-state index in [0.29, 0.717) is 0 Å². The highest BCUT2D eigenvalue weighted by atomic mass is 15.1. The number of hydrogen-bond donors (Lipinski definition) is 0. The second-order valence-corrected chi connectivity index (χ2v) is 6.94. The molecule has 1 saturated carbocycles. The Morgan fingerprint density at radius 3 is 2.26 bits per heavy atom. The van der Waals surface area contributed by atoms with Crippen molar-refractivity contribution in [3.8, 4) is 0 Å². The molecule has 1 rings (SSSR count). The first kappa shape index (κ1) is 16.3. The van der Waals surface area contributed by atoms with Crippen LogP contribution in [0.4, 0.5) is 0 Å². The summed E-state index contributed by atoms with van der Waals surface area (Å²) in [6.45, 7) is 13.7.